The van der Waals surface area contributed by atoms with E-state index < -0.39 is 6.03 Å². The SMILES string of the molecule is CCOC(=O)C(C)C/C(C)=N/NC(N)=O. The second kappa shape index (κ2) is 6.80. The molecule has 0 aliphatic rings. The summed E-state index contributed by atoms with van der Waals surface area (Å²) >= 11 is 0. The average molecular weight is 215 g/mol. The standard InChI is InChI=1S/C9H17N3O3/c1-4-15-8(13)6(2)5-7(3)11-12-9(10)14/h6H,4-5H2,1-3H3,(H3,10,12,14)/b11-7+. The van der Waals surface area contributed by atoms with Crippen molar-refractivity contribution in [2.45, 2.75) is 27.2 Å². The number of carbonyl (C=O) groups is 2. The monoisotopic (exact) mass is 215 g/mol. The van der Waals surface area contributed by atoms with E-state index >= 15 is 0 Å². The maximum absolute atomic E-state index is 11.2. The first-order valence-electron chi connectivity index (χ1n) is 4.72. The normalized spacial score (nSPS) is 13.1. The zero-order chi connectivity index (χ0) is 11.8. The summed E-state index contributed by atoms with van der Waals surface area (Å²) in [6, 6.07) is -0.724. The molecule has 6 heteroatoms. The number of nitrogens with one attached hydrogen (secondary N) is 1. The zero-order valence-electron chi connectivity index (χ0n) is 9.24. The number of nitrogens with two attached hydrogens (primary N) is 1. The lowest BCUT2D eigenvalue weighted by Gasteiger charge is -2.09. The van der Waals surface area contributed by atoms with Crippen molar-refractivity contribution < 1.29 is 14.3 Å². The number of rotatable bonds is 5. The lowest BCUT2D eigenvalue weighted by molar-refractivity contribution is -0.147. The molecular formula is C9H17N3O3. The van der Waals surface area contributed by atoms with Gasteiger partial charge in [0.2, 0.25) is 0 Å². The predicted molar refractivity (Wildman–Crippen MR) is 56.2 cm³/mol. The molecule has 0 fully saturated rings. The number of amides is 2. The van der Waals surface area contributed by atoms with Crippen LogP contribution in [-0.4, -0.2) is 24.3 Å². The van der Waals surface area contributed by atoms with E-state index in [-0.39, 0.29) is 11.9 Å². The number of carbonyl (C=O) groups excluding carboxylic acids is 2. The van der Waals surface area contributed by atoms with Crippen LogP contribution in [0.4, 0.5) is 4.79 Å². The Labute approximate surface area is 88.9 Å². The molecule has 1 atom stereocenters. The minimum absolute atomic E-state index is 0.272. The lowest BCUT2D eigenvalue weighted by Crippen LogP contribution is -2.26. The number of primary amides is 1. The summed E-state index contributed by atoms with van der Waals surface area (Å²) in [7, 11) is 0. The highest BCUT2D eigenvalue weighted by Crippen LogP contribution is 2.05. The molecule has 0 aliphatic heterocycles. The second-order valence-electron chi connectivity index (χ2n) is 3.18. The van der Waals surface area contributed by atoms with Crippen molar-refractivity contribution >= 4 is 17.7 Å². The van der Waals surface area contributed by atoms with Gasteiger partial charge in [-0.1, -0.05) is 6.92 Å². The minimum Gasteiger partial charge on any atom is -0.466 e. The number of urea groups is 1. The number of esters is 1. The molecular weight excluding hydrogens is 198 g/mol. The largest absolute Gasteiger partial charge is 0.466 e. The third-order valence-electron chi connectivity index (χ3n) is 1.65. The molecule has 0 aromatic heterocycles. The molecule has 0 rings (SSSR count). The molecule has 0 aliphatic carbocycles. The van der Waals surface area contributed by atoms with Gasteiger partial charge >= 0.3 is 12.0 Å². The van der Waals surface area contributed by atoms with E-state index in [9.17, 15) is 9.59 Å². The molecule has 0 saturated carbocycles. The molecule has 0 aromatic carbocycles. The number of hydrogen-bond acceptors (Lipinski definition) is 4. The molecule has 0 aromatic rings. The van der Waals surface area contributed by atoms with Gasteiger partial charge in [-0.05, 0) is 13.8 Å². The summed E-state index contributed by atoms with van der Waals surface area (Å²) in [4.78, 5) is 21.6. The quantitative estimate of drug-likeness (QED) is 0.400. The molecule has 1 unspecified atom stereocenters. The number of hydrogen-bond donors (Lipinski definition) is 2. The summed E-state index contributed by atoms with van der Waals surface area (Å²) < 4.78 is 4.82. The van der Waals surface area contributed by atoms with Crippen molar-refractivity contribution in [3.05, 3.63) is 0 Å². The molecule has 86 valence electrons. The second-order valence-corrected chi connectivity index (χ2v) is 3.18. The maximum Gasteiger partial charge on any atom is 0.332 e. The Morgan fingerprint density at radius 2 is 2.13 bits per heavy atom. The highest BCUT2D eigenvalue weighted by molar-refractivity contribution is 5.87. The lowest BCUT2D eigenvalue weighted by atomic mass is 10.1. The molecule has 0 heterocycles. The van der Waals surface area contributed by atoms with E-state index in [0.29, 0.717) is 18.7 Å². The molecule has 0 bridgehead atoms. The Kier molecular flexibility index (Phi) is 6.08. The van der Waals surface area contributed by atoms with Crippen LogP contribution in [0.3, 0.4) is 0 Å². The van der Waals surface area contributed by atoms with Gasteiger partial charge in [-0.3, -0.25) is 4.79 Å². The van der Waals surface area contributed by atoms with Gasteiger partial charge in [-0.2, -0.15) is 5.10 Å². The van der Waals surface area contributed by atoms with Crippen molar-refractivity contribution in [3.63, 3.8) is 0 Å². The average Bonchev–Trinajstić information content (AvgIpc) is 2.15. The summed E-state index contributed by atoms with van der Waals surface area (Å²) in [5, 5.41) is 3.69. The van der Waals surface area contributed by atoms with Gasteiger partial charge in [0.15, 0.2) is 0 Å². The first-order valence-corrected chi connectivity index (χ1v) is 4.72. The summed E-state index contributed by atoms with van der Waals surface area (Å²) in [6.07, 6.45) is 0.430. The van der Waals surface area contributed by atoms with Gasteiger partial charge in [0.25, 0.3) is 0 Å². The van der Waals surface area contributed by atoms with Gasteiger partial charge in [0.1, 0.15) is 0 Å². The fraction of sp³-hybridized carbons (Fsp3) is 0.667. The van der Waals surface area contributed by atoms with Crippen LogP contribution in [0.1, 0.15) is 27.2 Å². The Hall–Kier alpha value is -1.59. The Bertz CT molecular complexity index is 263. The third-order valence-corrected chi connectivity index (χ3v) is 1.65. The van der Waals surface area contributed by atoms with Gasteiger partial charge in [0.05, 0.1) is 12.5 Å². The summed E-state index contributed by atoms with van der Waals surface area (Å²) in [5.41, 5.74) is 7.55. The van der Waals surface area contributed by atoms with E-state index in [4.69, 9.17) is 10.5 Å². The van der Waals surface area contributed by atoms with Gasteiger partial charge < -0.3 is 10.5 Å². The number of nitrogens with zero attached hydrogens (tertiary/aromatic N) is 1. The van der Waals surface area contributed by atoms with E-state index in [1.165, 1.54) is 0 Å². The van der Waals surface area contributed by atoms with Crippen LogP contribution in [0.15, 0.2) is 5.10 Å². The first kappa shape index (κ1) is 13.4. The molecule has 3 N–H and O–H groups in total. The van der Waals surface area contributed by atoms with Crippen LogP contribution < -0.4 is 11.2 Å². The van der Waals surface area contributed by atoms with Crippen LogP contribution in [0.25, 0.3) is 0 Å². The van der Waals surface area contributed by atoms with Crippen molar-refractivity contribution in [3.8, 4) is 0 Å². The van der Waals surface area contributed by atoms with E-state index in [0.717, 1.165) is 0 Å². The topological polar surface area (TPSA) is 93.8 Å². The van der Waals surface area contributed by atoms with Crippen LogP contribution in [0.5, 0.6) is 0 Å². The number of hydrazone groups is 1. The van der Waals surface area contributed by atoms with Crippen molar-refractivity contribution in [1.82, 2.24) is 5.43 Å². The fourth-order valence-corrected chi connectivity index (χ4v) is 1.01. The Morgan fingerprint density at radius 3 is 2.60 bits per heavy atom. The van der Waals surface area contributed by atoms with Crippen molar-refractivity contribution in [2.24, 2.45) is 16.8 Å². The van der Waals surface area contributed by atoms with Crippen LogP contribution in [-0.2, 0) is 9.53 Å². The molecule has 0 radical (unpaired) electrons. The van der Waals surface area contributed by atoms with Crippen molar-refractivity contribution in [2.75, 3.05) is 6.61 Å². The molecule has 15 heavy (non-hydrogen) atoms. The maximum atomic E-state index is 11.2. The summed E-state index contributed by atoms with van der Waals surface area (Å²) in [5.74, 6) is -0.547. The Balaban J connectivity index is 4.05. The van der Waals surface area contributed by atoms with E-state index in [1.54, 1.807) is 20.8 Å². The zero-order valence-corrected chi connectivity index (χ0v) is 9.24. The molecule has 0 spiro atoms. The van der Waals surface area contributed by atoms with Crippen LogP contribution >= 0.6 is 0 Å². The minimum atomic E-state index is -0.724. The predicted octanol–water partition coefficient (Wildman–Crippen LogP) is 0.620. The highest BCUT2D eigenvalue weighted by atomic mass is 16.5. The van der Waals surface area contributed by atoms with Gasteiger partial charge in [-0.25, -0.2) is 10.2 Å². The first-order chi connectivity index (χ1) is 6.97. The molecule has 2 amide bonds. The third kappa shape index (κ3) is 6.48. The molecule has 6 nitrogen and oxygen atoms in total. The van der Waals surface area contributed by atoms with Crippen molar-refractivity contribution in [1.29, 1.82) is 0 Å². The molecule has 0 saturated heterocycles. The van der Waals surface area contributed by atoms with E-state index in [1.807, 2.05) is 0 Å². The van der Waals surface area contributed by atoms with Crippen LogP contribution in [0, 0.1) is 5.92 Å². The summed E-state index contributed by atoms with van der Waals surface area (Å²) in [6.45, 7) is 5.55. The van der Waals surface area contributed by atoms with Gasteiger partial charge in [0, 0.05) is 12.1 Å². The Morgan fingerprint density at radius 1 is 1.53 bits per heavy atom. The highest BCUT2D eigenvalue weighted by Gasteiger charge is 2.14. The van der Waals surface area contributed by atoms with Crippen LogP contribution in [0.2, 0.25) is 0 Å². The smallest absolute Gasteiger partial charge is 0.332 e. The number of ether oxygens (including phenoxy) is 1. The van der Waals surface area contributed by atoms with E-state index in [2.05, 4.69) is 10.5 Å². The fourth-order valence-electron chi connectivity index (χ4n) is 1.01. The van der Waals surface area contributed by atoms with Gasteiger partial charge in [-0.15, -0.1) is 0 Å².